The van der Waals surface area contributed by atoms with Crippen LogP contribution in [0.5, 0.6) is 0 Å². The molecule has 0 amide bonds. The van der Waals surface area contributed by atoms with Crippen LogP contribution in [-0.2, 0) is 0 Å². The van der Waals surface area contributed by atoms with E-state index in [0.717, 1.165) is 110 Å². The van der Waals surface area contributed by atoms with Crippen LogP contribution in [0.4, 0.5) is 0 Å². The van der Waals surface area contributed by atoms with Gasteiger partial charge in [0.1, 0.15) is 22.3 Å². The molecule has 0 atom stereocenters. The fraction of sp³-hybridized carbons (Fsp3) is 0. The minimum absolute atomic E-state index is 0.479. The fourth-order valence-electron chi connectivity index (χ4n) is 14.5. The maximum Gasteiger partial charge on any atom is 0.238 e. The molecule has 0 spiro atoms. The zero-order chi connectivity index (χ0) is 59.9. The van der Waals surface area contributed by atoms with E-state index in [-0.39, 0.29) is 0 Å². The minimum atomic E-state index is 0.479. The average molecular weight is 1210 g/mol. The van der Waals surface area contributed by atoms with Crippen molar-refractivity contribution in [1.82, 2.24) is 39.0 Å². The third-order valence-corrected chi connectivity index (χ3v) is 20.9. The SMILES string of the molecule is c1ccc2c(c1)ccc1sc3ccc(-c4nc(-c5ccc6sc7ccc8ccccc8c7c6c5)nc(-n5c6ccccc6c6c7c8ccccc8n(-c8nc(-c9ccc%10oc%11ccccc%11c%10c9)nc(-c9ccc%10oc%11ccccc%11c%10c9)n8)c7ccc65)n4)cc3c12. The molecule has 0 saturated carbocycles. The first-order valence-corrected chi connectivity index (χ1v) is 32.2. The van der Waals surface area contributed by atoms with Crippen LogP contribution >= 0.6 is 22.7 Å². The van der Waals surface area contributed by atoms with Gasteiger partial charge in [0, 0.05) is 106 Å². The lowest BCUT2D eigenvalue weighted by molar-refractivity contribution is 0.668. The van der Waals surface area contributed by atoms with Crippen molar-refractivity contribution in [2.75, 3.05) is 0 Å². The third kappa shape index (κ3) is 7.23. The molecule has 21 rings (SSSR count). The summed E-state index contributed by atoms with van der Waals surface area (Å²) in [5, 5.41) is 17.9. The highest BCUT2D eigenvalue weighted by Gasteiger charge is 2.26. The number of para-hydroxylation sites is 4. The first-order chi connectivity index (χ1) is 45.5. The smallest absolute Gasteiger partial charge is 0.238 e. The van der Waals surface area contributed by atoms with Crippen molar-refractivity contribution in [2.24, 2.45) is 0 Å². The highest BCUT2D eigenvalue weighted by Crippen LogP contribution is 2.46. The fourth-order valence-corrected chi connectivity index (χ4v) is 16.7. The molecule has 13 aromatic carbocycles. The molecule has 21 aromatic rings. The van der Waals surface area contributed by atoms with Crippen molar-refractivity contribution in [3.8, 4) is 57.4 Å². The minimum Gasteiger partial charge on any atom is -0.456 e. The van der Waals surface area contributed by atoms with E-state index in [1.165, 1.54) is 61.9 Å². The molecule has 12 heteroatoms. The Balaban J connectivity index is 0.807. The summed E-state index contributed by atoms with van der Waals surface area (Å²) >= 11 is 3.63. The van der Waals surface area contributed by atoms with Gasteiger partial charge in [-0.15, -0.1) is 22.7 Å². The van der Waals surface area contributed by atoms with Gasteiger partial charge in [0.05, 0.1) is 22.1 Å². The summed E-state index contributed by atoms with van der Waals surface area (Å²) < 4.78 is 22.0. The molecule has 0 aliphatic carbocycles. The molecule has 10 nitrogen and oxygen atoms in total. The Hall–Kier alpha value is -12.0. The second-order valence-electron chi connectivity index (χ2n) is 23.7. The summed E-state index contributed by atoms with van der Waals surface area (Å²) in [4.78, 5) is 32.9. The summed E-state index contributed by atoms with van der Waals surface area (Å²) in [6.07, 6.45) is 0. The van der Waals surface area contributed by atoms with Crippen molar-refractivity contribution in [3.63, 3.8) is 0 Å². The maximum atomic E-state index is 6.32. The van der Waals surface area contributed by atoms with Crippen molar-refractivity contribution in [3.05, 3.63) is 255 Å². The monoisotopic (exact) mass is 1210 g/mol. The van der Waals surface area contributed by atoms with Crippen molar-refractivity contribution >= 4 is 172 Å². The Labute approximate surface area is 528 Å². The average Bonchev–Trinajstić information content (AvgIpc) is 1.55. The number of fused-ring (bicyclic) bond motifs is 23. The van der Waals surface area contributed by atoms with Crippen LogP contribution in [0.15, 0.2) is 264 Å². The van der Waals surface area contributed by atoms with E-state index < -0.39 is 0 Å². The second kappa shape index (κ2) is 18.8. The lowest BCUT2D eigenvalue weighted by Gasteiger charge is -2.12. The largest absolute Gasteiger partial charge is 0.456 e. The first kappa shape index (κ1) is 50.0. The quantitative estimate of drug-likeness (QED) is 0.162. The Morgan fingerprint density at radius 3 is 1.03 bits per heavy atom. The number of rotatable bonds is 6. The second-order valence-corrected chi connectivity index (χ2v) is 25.9. The summed E-state index contributed by atoms with van der Waals surface area (Å²) in [6, 6.07) is 89.8. The van der Waals surface area contributed by atoms with Crippen LogP contribution in [0, 0.1) is 0 Å². The normalized spacial score (nSPS) is 12.3. The molecular weight excluding hydrogens is 1170 g/mol. The summed E-state index contributed by atoms with van der Waals surface area (Å²) in [7, 11) is 0. The maximum absolute atomic E-state index is 6.32. The predicted molar refractivity (Wildman–Crippen MR) is 379 cm³/mol. The van der Waals surface area contributed by atoms with Crippen LogP contribution in [0.25, 0.3) is 207 Å². The molecule has 0 unspecified atom stereocenters. The van der Waals surface area contributed by atoms with Crippen LogP contribution in [0.2, 0.25) is 0 Å². The van der Waals surface area contributed by atoms with E-state index in [0.29, 0.717) is 35.2 Å². The molecule has 8 aromatic heterocycles. The van der Waals surface area contributed by atoms with E-state index in [4.69, 9.17) is 38.7 Å². The standard InChI is InChI=1S/C80H42N8O2S2/c1-3-15-49-43(13-1)27-37-69-71(49)57-41-47(29-35-67(57)91-69)77-82-78(48-30-36-68-58(42-48)72-50-16-4-2-14-44(50)28-38-70(72)92-68)86-80(85-77)88-60-22-10-6-20-54(60)74-62(88)32-31-61-73(74)53-19-5-9-21-59(53)87(61)79-83-75(45-25-33-65-55(39-45)51-17-7-11-23-63(51)89-65)81-76(84-79)46-26-34-66-56(40-46)52-18-8-12-24-64(52)90-66/h1-42H. The van der Waals surface area contributed by atoms with Gasteiger partial charge in [0.2, 0.25) is 11.9 Å². The van der Waals surface area contributed by atoms with E-state index in [2.05, 4.69) is 203 Å². The van der Waals surface area contributed by atoms with Crippen LogP contribution < -0.4 is 0 Å². The van der Waals surface area contributed by atoms with Crippen LogP contribution in [0.1, 0.15) is 0 Å². The van der Waals surface area contributed by atoms with Crippen LogP contribution in [-0.4, -0.2) is 39.0 Å². The summed E-state index contributed by atoms with van der Waals surface area (Å²) in [6.45, 7) is 0. The predicted octanol–water partition coefficient (Wildman–Crippen LogP) is 21.8. The van der Waals surface area contributed by atoms with Gasteiger partial charge in [-0.05, 0) is 143 Å². The lowest BCUT2D eigenvalue weighted by Crippen LogP contribution is -2.07. The van der Waals surface area contributed by atoms with Gasteiger partial charge in [-0.1, -0.05) is 133 Å². The molecule has 0 fully saturated rings. The number of furan rings is 2. The van der Waals surface area contributed by atoms with Gasteiger partial charge in [0.15, 0.2) is 23.3 Å². The number of aromatic nitrogens is 8. The topological polar surface area (TPSA) is 113 Å². The Morgan fingerprint density at radius 2 is 0.587 bits per heavy atom. The zero-order valence-corrected chi connectivity index (χ0v) is 50.1. The number of benzene rings is 13. The molecular formula is C80H42N8O2S2. The Morgan fingerprint density at radius 1 is 0.239 bits per heavy atom. The molecule has 0 N–H and O–H groups in total. The number of nitrogens with zero attached hydrogens (tertiary/aromatic N) is 8. The number of hydrogen-bond donors (Lipinski definition) is 0. The molecule has 426 valence electrons. The molecule has 8 heterocycles. The van der Waals surface area contributed by atoms with Crippen molar-refractivity contribution < 1.29 is 8.83 Å². The third-order valence-electron chi connectivity index (χ3n) is 18.6. The first-order valence-electron chi connectivity index (χ1n) is 30.6. The van der Waals surface area contributed by atoms with Gasteiger partial charge < -0.3 is 8.83 Å². The van der Waals surface area contributed by atoms with E-state index in [9.17, 15) is 0 Å². The number of hydrogen-bond acceptors (Lipinski definition) is 10. The van der Waals surface area contributed by atoms with Crippen LogP contribution in [0.3, 0.4) is 0 Å². The Kier molecular flexibility index (Phi) is 10.2. The summed E-state index contributed by atoms with van der Waals surface area (Å²) in [5.74, 6) is 3.21. The molecule has 0 saturated heterocycles. The van der Waals surface area contributed by atoms with Crippen molar-refractivity contribution in [2.45, 2.75) is 0 Å². The highest BCUT2D eigenvalue weighted by molar-refractivity contribution is 7.26. The Bertz CT molecular complexity index is 6500. The van der Waals surface area contributed by atoms with Gasteiger partial charge >= 0.3 is 0 Å². The highest BCUT2D eigenvalue weighted by atomic mass is 32.1. The van der Waals surface area contributed by atoms with E-state index in [1.807, 2.05) is 83.3 Å². The van der Waals surface area contributed by atoms with Gasteiger partial charge in [-0.3, -0.25) is 9.13 Å². The molecule has 0 aliphatic heterocycles. The van der Waals surface area contributed by atoms with Gasteiger partial charge in [0.25, 0.3) is 0 Å². The van der Waals surface area contributed by atoms with Gasteiger partial charge in [-0.2, -0.15) is 19.9 Å². The molecule has 0 radical (unpaired) electrons. The molecule has 0 aliphatic rings. The van der Waals surface area contributed by atoms with E-state index >= 15 is 0 Å². The molecule has 0 bridgehead atoms. The van der Waals surface area contributed by atoms with Gasteiger partial charge in [-0.25, -0.2) is 9.97 Å². The zero-order valence-electron chi connectivity index (χ0n) is 48.5. The lowest BCUT2D eigenvalue weighted by atomic mass is 10.0. The van der Waals surface area contributed by atoms with E-state index in [1.54, 1.807) is 0 Å². The number of thiophene rings is 2. The summed E-state index contributed by atoms with van der Waals surface area (Å²) in [5.41, 5.74) is 10.5. The molecule has 92 heavy (non-hydrogen) atoms. The van der Waals surface area contributed by atoms with Crippen molar-refractivity contribution in [1.29, 1.82) is 0 Å².